The first-order valence-electron chi connectivity index (χ1n) is 6.58. The Labute approximate surface area is 129 Å². The fraction of sp³-hybridized carbons (Fsp3) is 0.500. The van der Waals surface area contributed by atoms with Crippen molar-refractivity contribution in [3.05, 3.63) is 28.2 Å². The lowest BCUT2D eigenvalue weighted by molar-refractivity contribution is -0.117. The molecule has 4 nitrogen and oxygen atoms in total. The Morgan fingerprint density at radius 1 is 1.25 bits per heavy atom. The van der Waals surface area contributed by atoms with E-state index in [0.29, 0.717) is 15.7 Å². The minimum absolute atomic E-state index is 0.148. The summed E-state index contributed by atoms with van der Waals surface area (Å²) in [6.45, 7) is 1.31. The third-order valence-electron chi connectivity index (χ3n) is 2.84. The quantitative estimate of drug-likeness (QED) is 0.724. The summed E-state index contributed by atoms with van der Waals surface area (Å²) >= 11 is 12.0. The Morgan fingerprint density at radius 2 is 1.90 bits per heavy atom. The monoisotopic (exact) mass is 318 g/mol. The van der Waals surface area contributed by atoms with E-state index in [2.05, 4.69) is 5.32 Å². The molecule has 1 aromatic rings. The van der Waals surface area contributed by atoms with Crippen LogP contribution >= 0.6 is 23.2 Å². The van der Waals surface area contributed by atoms with Crippen LogP contribution in [0.25, 0.3) is 0 Å². The average Bonchev–Trinajstić information content (AvgIpc) is 2.39. The number of para-hydroxylation sites is 1. The van der Waals surface area contributed by atoms with E-state index >= 15 is 0 Å². The number of benzene rings is 1. The Balaban J connectivity index is 2.39. The lowest BCUT2D eigenvalue weighted by Gasteiger charge is -2.16. The maximum atomic E-state index is 11.9. The molecule has 0 aliphatic heterocycles. The molecule has 6 heteroatoms. The van der Waals surface area contributed by atoms with Crippen LogP contribution in [-0.4, -0.2) is 42.7 Å². The third-order valence-corrected chi connectivity index (χ3v) is 3.47. The highest BCUT2D eigenvalue weighted by molar-refractivity contribution is 6.39. The number of hydrogen-bond acceptors (Lipinski definition) is 3. The zero-order chi connectivity index (χ0) is 15.0. The van der Waals surface area contributed by atoms with Gasteiger partial charge in [-0.3, -0.25) is 9.69 Å². The summed E-state index contributed by atoms with van der Waals surface area (Å²) < 4.78 is 0. The summed E-state index contributed by atoms with van der Waals surface area (Å²) in [5, 5.41) is 12.3. The molecule has 0 unspecified atom stereocenters. The molecule has 1 aromatic carbocycles. The first kappa shape index (κ1) is 17.2. The van der Waals surface area contributed by atoms with E-state index < -0.39 is 0 Å². The maximum absolute atomic E-state index is 11.9. The number of amides is 1. The van der Waals surface area contributed by atoms with Crippen molar-refractivity contribution in [2.45, 2.75) is 19.3 Å². The molecule has 0 radical (unpaired) electrons. The van der Waals surface area contributed by atoms with Crippen LogP contribution in [-0.2, 0) is 4.79 Å². The molecule has 1 rings (SSSR count). The molecule has 1 amide bonds. The van der Waals surface area contributed by atoms with E-state index in [0.717, 1.165) is 25.8 Å². The van der Waals surface area contributed by atoms with E-state index in [1.165, 1.54) is 0 Å². The van der Waals surface area contributed by atoms with E-state index in [1.807, 2.05) is 11.9 Å². The molecule has 0 fully saturated rings. The van der Waals surface area contributed by atoms with Crippen LogP contribution in [0.4, 0.5) is 5.69 Å². The summed E-state index contributed by atoms with van der Waals surface area (Å²) in [5.41, 5.74) is 0.453. The number of nitrogens with one attached hydrogen (secondary N) is 1. The van der Waals surface area contributed by atoms with Gasteiger partial charge in [0, 0.05) is 6.61 Å². The van der Waals surface area contributed by atoms with Crippen molar-refractivity contribution >= 4 is 34.8 Å². The molecular formula is C14H20Cl2N2O2. The van der Waals surface area contributed by atoms with Gasteiger partial charge in [0.1, 0.15) is 0 Å². The number of carbonyl (C=O) groups is 1. The van der Waals surface area contributed by atoms with Crippen LogP contribution in [0.1, 0.15) is 19.3 Å². The number of aliphatic hydroxyl groups is 1. The normalized spacial score (nSPS) is 10.8. The number of carbonyl (C=O) groups excluding carboxylic acids is 1. The van der Waals surface area contributed by atoms with Crippen LogP contribution in [0.5, 0.6) is 0 Å². The first-order valence-corrected chi connectivity index (χ1v) is 7.33. The van der Waals surface area contributed by atoms with Gasteiger partial charge in [-0.05, 0) is 45.0 Å². The Morgan fingerprint density at radius 3 is 2.50 bits per heavy atom. The van der Waals surface area contributed by atoms with Crippen molar-refractivity contribution in [1.29, 1.82) is 0 Å². The summed E-state index contributed by atoms with van der Waals surface area (Å²) in [4.78, 5) is 13.8. The van der Waals surface area contributed by atoms with Gasteiger partial charge in [-0.15, -0.1) is 0 Å². The maximum Gasteiger partial charge on any atom is 0.238 e. The minimum atomic E-state index is -0.148. The highest BCUT2D eigenvalue weighted by Crippen LogP contribution is 2.29. The van der Waals surface area contributed by atoms with Crippen molar-refractivity contribution in [3.8, 4) is 0 Å². The Hall–Kier alpha value is -0.810. The van der Waals surface area contributed by atoms with Gasteiger partial charge in [-0.2, -0.15) is 0 Å². The number of unbranched alkanes of at least 4 members (excludes halogenated alkanes) is 2. The van der Waals surface area contributed by atoms with Crippen molar-refractivity contribution in [2.75, 3.05) is 32.1 Å². The largest absolute Gasteiger partial charge is 0.396 e. The van der Waals surface area contributed by atoms with Crippen molar-refractivity contribution < 1.29 is 9.90 Å². The molecule has 0 aliphatic carbocycles. The fourth-order valence-corrected chi connectivity index (χ4v) is 2.28. The van der Waals surface area contributed by atoms with E-state index in [1.54, 1.807) is 18.2 Å². The molecule has 0 saturated carbocycles. The molecule has 2 N–H and O–H groups in total. The van der Waals surface area contributed by atoms with Gasteiger partial charge < -0.3 is 10.4 Å². The average molecular weight is 319 g/mol. The summed E-state index contributed by atoms with van der Waals surface area (Å²) in [6, 6.07) is 5.09. The van der Waals surface area contributed by atoms with Crippen LogP contribution in [0.2, 0.25) is 10.0 Å². The van der Waals surface area contributed by atoms with Crippen molar-refractivity contribution in [3.63, 3.8) is 0 Å². The first-order chi connectivity index (χ1) is 9.54. The van der Waals surface area contributed by atoms with Gasteiger partial charge in [0.2, 0.25) is 5.91 Å². The molecule has 0 heterocycles. The topological polar surface area (TPSA) is 52.6 Å². The van der Waals surface area contributed by atoms with Crippen LogP contribution < -0.4 is 5.32 Å². The predicted octanol–water partition coefficient (Wildman–Crippen LogP) is 3.03. The van der Waals surface area contributed by atoms with Crippen molar-refractivity contribution in [1.82, 2.24) is 4.90 Å². The van der Waals surface area contributed by atoms with Gasteiger partial charge in [0.15, 0.2) is 0 Å². The third kappa shape index (κ3) is 6.09. The van der Waals surface area contributed by atoms with Gasteiger partial charge in [-0.25, -0.2) is 0 Å². The van der Waals surface area contributed by atoms with E-state index in [-0.39, 0.29) is 19.1 Å². The molecule has 0 aromatic heterocycles. The number of halogens is 2. The zero-order valence-corrected chi connectivity index (χ0v) is 13.0. The summed E-state index contributed by atoms with van der Waals surface area (Å²) in [7, 11) is 1.88. The number of anilines is 1. The molecule has 0 saturated heterocycles. The Kier molecular flexibility index (Phi) is 7.92. The number of nitrogens with zero attached hydrogens (tertiary/aromatic N) is 1. The number of likely N-dealkylation sites (N-methyl/N-ethyl adjacent to an activating group) is 1. The number of hydrogen-bond donors (Lipinski definition) is 2. The summed E-state index contributed by atoms with van der Waals surface area (Å²) in [5.74, 6) is -0.148. The van der Waals surface area contributed by atoms with Crippen LogP contribution in [0.15, 0.2) is 18.2 Å². The SMILES string of the molecule is CN(CCCCCO)CC(=O)Nc1c(Cl)cccc1Cl. The highest BCUT2D eigenvalue weighted by Gasteiger charge is 2.11. The van der Waals surface area contributed by atoms with Gasteiger partial charge >= 0.3 is 0 Å². The van der Waals surface area contributed by atoms with Crippen LogP contribution in [0, 0.1) is 0 Å². The molecule has 0 atom stereocenters. The van der Waals surface area contributed by atoms with E-state index in [4.69, 9.17) is 28.3 Å². The van der Waals surface area contributed by atoms with Gasteiger partial charge in [0.25, 0.3) is 0 Å². The second-order valence-electron chi connectivity index (χ2n) is 4.67. The van der Waals surface area contributed by atoms with Crippen LogP contribution in [0.3, 0.4) is 0 Å². The molecule has 112 valence electrons. The molecule has 20 heavy (non-hydrogen) atoms. The second kappa shape index (κ2) is 9.19. The molecule has 0 bridgehead atoms. The second-order valence-corrected chi connectivity index (χ2v) is 5.48. The lowest BCUT2D eigenvalue weighted by Crippen LogP contribution is -2.31. The van der Waals surface area contributed by atoms with Gasteiger partial charge in [-0.1, -0.05) is 29.3 Å². The zero-order valence-electron chi connectivity index (χ0n) is 11.5. The highest BCUT2D eigenvalue weighted by atomic mass is 35.5. The van der Waals surface area contributed by atoms with Crippen molar-refractivity contribution in [2.24, 2.45) is 0 Å². The number of aliphatic hydroxyl groups excluding tert-OH is 1. The predicted molar refractivity (Wildman–Crippen MR) is 83.5 cm³/mol. The van der Waals surface area contributed by atoms with Gasteiger partial charge in [0.05, 0.1) is 22.3 Å². The smallest absolute Gasteiger partial charge is 0.238 e. The molecule has 0 spiro atoms. The number of rotatable bonds is 8. The molecular weight excluding hydrogens is 299 g/mol. The standard InChI is InChI=1S/C14H20Cl2N2O2/c1-18(8-3-2-4-9-19)10-13(20)17-14-11(15)6-5-7-12(14)16/h5-7,19H,2-4,8-10H2,1H3,(H,17,20). The fourth-order valence-electron chi connectivity index (χ4n) is 1.79. The minimum Gasteiger partial charge on any atom is -0.396 e. The lowest BCUT2D eigenvalue weighted by atomic mass is 10.2. The molecule has 0 aliphatic rings. The van der Waals surface area contributed by atoms with E-state index in [9.17, 15) is 4.79 Å². The Bertz CT molecular complexity index is 421. The summed E-state index contributed by atoms with van der Waals surface area (Å²) in [6.07, 6.45) is 2.71.